The maximum Gasteiger partial charge on any atom is 0.132 e. The molecular weight excluding hydrogens is 282 g/mol. The van der Waals surface area contributed by atoms with Crippen LogP contribution in [-0.2, 0) is 0 Å². The van der Waals surface area contributed by atoms with Crippen LogP contribution in [-0.4, -0.2) is 39.5 Å². The number of nitrogens with zero attached hydrogens (tertiary/aromatic N) is 3. The summed E-state index contributed by atoms with van der Waals surface area (Å²) in [5.74, 6) is 1.83. The first-order valence-corrected chi connectivity index (χ1v) is 6.49. The number of fused-ring (bicyclic) bond motifs is 1. The second-order valence-corrected chi connectivity index (χ2v) is 5.40. The van der Waals surface area contributed by atoms with E-state index in [1.165, 1.54) is 0 Å². The number of aromatic hydroxyl groups is 1. The van der Waals surface area contributed by atoms with E-state index >= 15 is 0 Å². The molecule has 17 heavy (non-hydrogen) atoms. The summed E-state index contributed by atoms with van der Waals surface area (Å²) in [7, 11) is 2.14. The van der Waals surface area contributed by atoms with E-state index in [2.05, 4.69) is 37.3 Å². The van der Waals surface area contributed by atoms with Gasteiger partial charge in [0.15, 0.2) is 0 Å². The lowest BCUT2D eigenvalue weighted by atomic mass is 10.1. The van der Waals surface area contributed by atoms with Gasteiger partial charge >= 0.3 is 0 Å². The van der Waals surface area contributed by atoms with Gasteiger partial charge in [0, 0.05) is 24.7 Å². The van der Waals surface area contributed by atoms with Crippen molar-refractivity contribution < 1.29 is 5.11 Å². The van der Waals surface area contributed by atoms with E-state index in [1.807, 2.05) is 6.20 Å². The lowest BCUT2D eigenvalue weighted by Crippen LogP contribution is -2.14. The first kappa shape index (κ1) is 11.0. The molecule has 1 unspecified atom stereocenters. The van der Waals surface area contributed by atoms with Gasteiger partial charge in [0.05, 0.1) is 5.52 Å². The first-order valence-electron chi connectivity index (χ1n) is 5.70. The third-order valence-corrected chi connectivity index (χ3v) is 3.95. The average molecular weight is 296 g/mol. The Labute approximate surface area is 108 Å². The van der Waals surface area contributed by atoms with Gasteiger partial charge < -0.3 is 14.4 Å². The summed E-state index contributed by atoms with van der Waals surface area (Å²) < 4.78 is 2.87. The van der Waals surface area contributed by atoms with Gasteiger partial charge in [-0.2, -0.15) is 0 Å². The summed E-state index contributed by atoms with van der Waals surface area (Å²) in [4.78, 5) is 6.91. The summed E-state index contributed by atoms with van der Waals surface area (Å²) >= 11 is 3.46. The lowest BCUT2D eigenvalue weighted by Gasteiger charge is -2.09. The van der Waals surface area contributed by atoms with E-state index in [9.17, 15) is 5.11 Å². The molecule has 90 valence electrons. The number of hydrogen-bond donors (Lipinski definition) is 1. The smallest absolute Gasteiger partial charge is 0.132 e. The Kier molecular flexibility index (Phi) is 2.60. The molecule has 4 nitrogen and oxygen atoms in total. The summed E-state index contributed by atoms with van der Waals surface area (Å²) in [6, 6.07) is 3.43. The van der Waals surface area contributed by atoms with Gasteiger partial charge in [-0.3, -0.25) is 0 Å². The highest BCUT2D eigenvalue weighted by atomic mass is 79.9. The molecular formula is C12H14BrN3O. The van der Waals surface area contributed by atoms with Crippen molar-refractivity contribution in [2.24, 2.45) is 0 Å². The zero-order valence-corrected chi connectivity index (χ0v) is 11.2. The number of halogens is 1. The Bertz CT molecular complexity index is 566. The van der Waals surface area contributed by atoms with Crippen LogP contribution in [0.2, 0.25) is 0 Å². The van der Waals surface area contributed by atoms with Crippen LogP contribution in [0.5, 0.6) is 5.75 Å². The standard InChI is InChI=1S/C12H14BrN3O/c1-15-4-2-8(7-15)12-14-11(13)10-6-9(17)3-5-16(10)12/h3,5-6,8,17H,2,4,7H2,1H3. The minimum Gasteiger partial charge on any atom is -0.508 e. The van der Waals surface area contributed by atoms with Gasteiger partial charge in [-0.1, -0.05) is 0 Å². The minimum absolute atomic E-state index is 0.271. The molecule has 2 aromatic heterocycles. The number of likely N-dealkylation sites (N-methyl/N-ethyl adjacent to an activating group) is 1. The Hall–Kier alpha value is -1.07. The Morgan fingerprint density at radius 2 is 2.35 bits per heavy atom. The van der Waals surface area contributed by atoms with Gasteiger partial charge in [-0.05, 0) is 42.0 Å². The second kappa shape index (κ2) is 3.99. The molecule has 1 atom stereocenters. The van der Waals surface area contributed by atoms with Gasteiger partial charge in [0.2, 0.25) is 0 Å². The molecule has 0 bridgehead atoms. The summed E-state index contributed by atoms with van der Waals surface area (Å²) in [5.41, 5.74) is 0.926. The maximum absolute atomic E-state index is 9.50. The Morgan fingerprint density at radius 1 is 1.53 bits per heavy atom. The first-order chi connectivity index (χ1) is 8.15. The van der Waals surface area contributed by atoms with Gasteiger partial charge in [-0.15, -0.1) is 0 Å². The normalized spacial score (nSPS) is 21.4. The largest absolute Gasteiger partial charge is 0.508 e. The molecule has 0 aromatic carbocycles. The fraction of sp³-hybridized carbons (Fsp3) is 0.417. The van der Waals surface area contributed by atoms with Crippen molar-refractivity contribution in [3.63, 3.8) is 0 Å². The highest BCUT2D eigenvalue weighted by Gasteiger charge is 2.25. The van der Waals surface area contributed by atoms with Crippen LogP contribution < -0.4 is 0 Å². The van der Waals surface area contributed by atoms with Crippen LogP contribution in [0.1, 0.15) is 18.2 Å². The van der Waals surface area contributed by atoms with Crippen LogP contribution in [0.25, 0.3) is 5.52 Å². The third-order valence-electron chi connectivity index (χ3n) is 3.37. The van der Waals surface area contributed by atoms with Crippen molar-refractivity contribution in [1.82, 2.24) is 14.3 Å². The van der Waals surface area contributed by atoms with E-state index in [0.29, 0.717) is 5.92 Å². The topological polar surface area (TPSA) is 40.8 Å². The number of hydrogen-bond acceptors (Lipinski definition) is 3. The van der Waals surface area contributed by atoms with Crippen molar-refractivity contribution in [3.8, 4) is 5.75 Å². The highest BCUT2D eigenvalue weighted by molar-refractivity contribution is 9.10. The monoisotopic (exact) mass is 295 g/mol. The predicted molar refractivity (Wildman–Crippen MR) is 69.4 cm³/mol. The van der Waals surface area contributed by atoms with Gasteiger partial charge in [0.1, 0.15) is 16.2 Å². The number of aromatic nitrogens is 2. The third kappa shape index (κ3) is 1.83. The molecule has 5 heteroatoms. The van der Waals surface area contributed by atoms with Gasteiger partial charge in [-0.25, -0.2) is 4.98 Å². The number of rotatable bonds is 1. The van der Waals surface area contributed by atoms with Crippen molar-refractivity contribution in [1.29, 1.82) is 0 Å². The van der Waals surface area contributed by atoms with E-state index in [1.54, 1.807) is 12.1 Å². The fourth-order valence-corrected chi connectivity index (χ4v) is 2.98. The number of imidazole rings is 1. The minimum atomic E-state index is 0.271. The van der Waals surface area contributed by atoms with Crippen LogP contribution >= 0.6 is 15.9 Å². The lowest BCUT2D eigenvalue weighted by molar-refractivity contribution is 0.409. The molecule has 0 saturated carbocycles. The van der Waals surface area contributed by atoms with E-state index in [-0.39, 0.29) is 5.75 Å². The molecule has 1 fully saturated rings. The predicted octanol–water partition coefficient (Wildman–Crippen LogP) is 2.22. The molecule has 3 rings (SSSR count). The van der Waals surface area contributed by atoms with Crippen LogP contribution in [0.3, 0.4) is 0 Å². The quantitative estimate of drug-likeness (QED) is 0.877. The van der Waals surface area contributed by atoms with E-state index in [0.717, 1.165) is 35.5 Å². The molecule has 0 spiro atoms. The summed E-state index contributed by atoms with van der Waals surface area (Å²) in [5, 5.41) is 9.50. The molecule has 1 saturated heterocycles. The van der Waals surface area contributed by atoms with Crippen molar-refractivity contribution in [2.45, 2.75) is 12.3 Å². The molecule has 1 aliphatic rings. The van der Waals surface area contributed by atoms with Crippen LogP contribution in [0, 0.1) is 0 Å². The van der Waals surface area contributed by atoms with E-state index < -0.39 is 0 Å². The van der Waals surface area contributed by atoms with Crippen LogP contribution in [0.4, 0.5) is 0 Å². The summed E-state index contributed by atoms with van der Waals surface area (Å²) in [6.07, 6.45) is 3.03. The van der Waals surface area contributed by atoms with Gasteiger partial charge in [0.25, 0.3) is 0 Å². The molecule has 2 aromatic rings. The highest BCUT2D eigenvalue weighted by Crippen LogP contribution is 2.30. The average Bonchev–Trinajstić information content (AvgIpc) is 2.84. The zero-order valence-electron chi connectivity index (χ0n) is 9.60. The molecule has 0 radical (unpaired) electrons. The second-order valence-electron chi connectivity index (χ2n) is 4.65. The van der Waals surface area contributed by atoms with Crippen molar-refractivity contribution >= 4 is 21.4 Å². The van der Waals surface area contributed by atoms with Crippen molar-refractivity contribution in [3.05, 3.63) is 28.8 Å². The Balaban J connectivity index is 2.11. The van der Waals surface area contributed by atoms with Crippen molar-refractivity contribution in [2.75, 3.05) is 20.1 Å². The number of likely N-dealkylation sites (tertiary alicyclic amines) is 1. The Morgan fingerprint density at radius 3 is 3.06 bits per heavy atom. The fourth-order valence-electron chi connectivity index (χ4n) is 2.49. The molecule has 0 amide bonds. The molecule has 3 heterocycles. The molecule has 1 N–H and O–H groups in total. The van der Waals surface area contributed by atoms with Crippen LogP contribution in [0.15, 0.2) is 22.9 Å². The van der Waals surface area contributed by atoms with E-state index in [4.69, 9.17) is 0 Å². The zero-order chi connectivity index (χ0) is 12.0. The summed E-state index contributed by atoms with van der Waals surface area (Å²) in [6.45, 7) is 2.17. The molecule has 0 aliphatic carbocycles. The SMILES string of the molecule is CN1CCC(c2nc(Br)c3cc(O)ccn23)C1. The molecule has 1 aliphatic heterocycles. The number of pyridine rings is 1. The maximum atomic E-state index is 9.50.